The van der Waals surface area contributed by atoms with Crippen molar-refractivity contribution in [2.45, 2.75) is 25.8 Å². The molecule has 0 spiro atoms. The highest BCUT2D eigenvalue weighted by Crippen LogP contribution is 2.12. The predicted molar refractivity (Wildman–Crippen MR) is 60.1 cm³/mol. The third-order valence-corrected chi connectivity index (χ3v) is 2.60. The molecule has 0 aliphatic rings. The van der Waals surface area contributed by atoms with Crippen molar-refractivity contribution in [3.63, 3.8) is 0 Å². The van der Waals surface area contributed by atoms with E-state index in [0.29, 0.717) is 11.5 Å². The van der Waals surface area contributed by atoms with Crippen LogP contribution in [-0.2, 0) is 7.05 Å². The maximum Gasteiger partial charge on any atom is 0.295 e. The van der Waals surface area contributed by atoms with Gasteiger partial charge in [-0.25, -0.2) is 0 Å². The zero-order chi connectivity index (χ0) is 11.7. The molecule has 0 aliphatic carbocycles. The summed E-state index contributed by atoms with van der Waals surface area (Å²) in [4.78, 5) is 11.7. The lowest BCUT2D eigenvalue weighted by atomic mass is 10.2. The summed E-state index contributed by atoms with van der Waals surface area (Å²) in [6, 6.07) is -0.174. The van der Waals surface area contributed by atoms with Crippen LogP contribution in [0.25, 0.3) is 5.65 Å². The summed E-state index contributed by atoms with van der Waals surface area (Å²) in [5.74, 6) is 0.648. The molecule has 0 saturated carbocycles. The Kier molecular flexibility index (Phi) is 2.74. The van der Waals surface area contributed by atoms with Gasteiger partial charge in [0.2, 0.25) is 5.65 Å². The van der Waals surface area contributed by atoms with Gasteiger partial charge in [-0.15, -0.1) is 10.2 Å². The molecule has 86 valence electrons. The van der Waals surface area contributed by atoms with Gasteiger partial charge in [0.15, 0.2) is 5.82 Å². The fourth-order valence-corrected chi connectivity index (χ4v) is 1.68. The first kappa shape index (κ1) is 10.8. The van der Waals surface area contributed by atoms with Crippen LogP contribution >= 0.6 is 0 Å². The number of rotatable bonds is 3. The number of nitrogens with two attached hydrogens (primary N) is 1. The molecule has 2 aromatic heterocycles. The van der Waals surface area contributed by atoms with E-state index in [2.05, 4.69) is 17.1 Å². The lowest BCUT2D eigenvalue weighted by molar-refractivity contribution is 0.595. The van der Waals surface area contributed by atoms with Crippen LogP contribution in [0, 0.1) is 0 Å². The summed E-state index contributed by atoms with van der Waals surface area (Å²) >= 11 is 0. The normalized spacial score (nSPS) is 13.2. The minimum absolute atomic E-state index is 0.162. The average molecular weight is 221 g/mol. The van der Waals surface area contributed by atoms with E-state index in [1.165, 1.54) is 4.57 Å². The topological polar surface area (TPSA) is 78.2 Å². The van der Waals surface area contributed by atoms with Crippen LogP contribution in [0.15, 0.2) is 17.2 Å². The summed E-state index contributed by atoms with van der Waals surface area (Å²) in [5, 5.41) is 7.87. The van der Waals surface area contributed by atoms with Gasteiger partial charge in [0, 0.05) is 19.4 Å². The van der Waals surface area contributed by atoms with E-state index < -0.39 is 0 Å². The monoisotopic (exact) mass is 221 g/mol. The molecule has 0 bridgehead atoms. The smallest absolute Gasteiger partial charge is 0.295 e. The van der Waals surface area contributed by atoms with Gasteiger partial charge in [-0.05, 0) is 6.42 Å². The zero-order valence-electron chi connectivity index (χ0n) is 9.42. The molecule has 2 N–H and O–H groups in total. The first-order chi connectivity index (χ1) is 7.65. The van der Waals surface area contributed by atoms with Crippen molar-refractivity contribution in [3.8, 4) is 0 Å². The highest BCUT2D eigenvalue weighted by Gasteiger charge is 2.14. The Bertz CT molecular complexity index is 556. The first-order valence-electron chi connectivity index (χ1n) is 5.31. The lowest BCUT2D eigenvalue weighted by Crippen LogP contribution is -2.20. The van der Waals surface area contributed by atoms with Gasteiger partial charge in [-0.1, -0.05) is 13.3 Å². The minimum Gasteiger partial charge on any atom is -0.321 e. The molecule has 16 heavy (non-hydrogen) atoms. The SMILES string of the molecule is CCCC(N)c1nnc2c(=O)n(C)ccn12. The fraction of sp³-hybridized carbons (Fsp3) is 0.500. The Morgan fingerprint density at radius 3 is 2.88 bits per heavy atom. The lowest BCUT2D eigenvalue weighted by Gasteiger charge is -2.07. The van der Waals surface area contributed by atoms with E-state index in [4.69, 9.17) is 5.73 Å². The van der Waals surface area contributed by atoms with Crippen molar-refractivity contribution < 1.29 is 0 Å². The van der Waals surface area contributed by atoms with Gasteiger partial charge in [0.05, 0.1) is 6.04 Å². The van der Waals surface area contributed by atoms with E-state index in [0.717, 1.165) is 12.8 Å². The molecule has 0 aliphatic heterocycles. The van der Waals surface area contributed by atoms with Crippen LogP contribution in [0.1, 0.15) is 31.6 Å². The van der Waals surface area contributed by atoms with Crippen molar-refractivity contribution >= 4 is 5.65 Å². The van der Waals surface area contributed by atoms with Gasteiger partial charge in [-0.3, -0.25) is 9.20 Å². The average Bonchev–Trinajstić information content (AvgIpc) is 2.68. The third kappa shape index (κ3) is 1.61. The molecule has 6 heteroatoms. The third-order valence-electron chi connectivity index (χ3n) is 2.60. The summed E-state index contributed by atoms with van der Waals surface area (Å²) in [7, 11) is 1.68. The predicted octanol–water partition coefficient (Wildman–Crippen LogP) is 0.228. The zero-order valence-corrected chi connectivity index (χ0v) is 9.42. The van der Waals surface area contributed by atoms with Crippen molar-refractivity contribution in [2.24, 2.45) is 12.8 Å². The quantitative estimate of drug-likeness (QED) is 0.804. The summed E-state index contributed by atoms with van der Waals surface area (Å²) in [6.45, 7) is 2.06. The van der Waals surface area contributed by atoms with E-state index >= 15 is 0 Å². The number of aromatic nitrogens is 4. The van der Waals surface area contributed by atoms with Gasteiger partial charge in [0.25, 0.3) is 5.56 Å². The Labute approximate surface area is 92.7 Å². The van der Waals surface area contributed by atoms with Crippen LogP contribution < -0.4 is 11.3 Å². The molecule has 2 rings (SSSR count). The van der Waals surface area contributed by atoms with Crippen molar-refractivity contribution in [2.75, 3.05) is 0 Å². The molecule has 2 heterocycles. The Balaban J connectivity index is 2.58. The number of nitrogens with zero attached hydrogens (tertiary/aromatic N) is 4. The van der Waals surface area contributed by atoms with Crippen LogP contribution in [0.4, 0.5) is 0 Å². The summed E-state index contributed by atoms with van der Waals surface area (Å²) in [6.07, 6.45) is 5.25. The van der Waals surface area contributed by atoms with E-state index in [9.17, 15) is 4.79 Å². The minimum atomic E-state index is -0.174. The van der Waals surface area contributed by atoms with Crippen molar-refractivity contribution in [1.29, 1.82) is 0 Å². The standard InChI is InChI=1S/C10H15N5O/c1-3-4-7(11)8-12-13-9-10(16)14(2)5-6-15(8)9/h5-7H,3-4,11H2,1-2H3. The maximum absolute atomic E-state index is 11.7. The van der Waals surface area contributed by atoms with E-state index in [1.807, 2.05) is 0 Å². The summed E-state index contributed by atoms with van der Waals surface area (Å²) in [5.41, 5.74) is 6.14. The largest absolute Gasteiger partial charge is 0.321 e. The highest BCUT2D eigenvalue weighted by atomic mass is 16.1. The maximum atomic E-state index is 11.7. The number of hydrogen-bond acceptors (Lipinski definition) is 4. The van der Waals surface area contributed by atoms with Gasteiger partial charge >= 0.3 is 0 Å². The molecule has 0 radical (unpaired) electrons. The van der Waals surface area contributed by atoms with Crippen molar-refractivity contribution in [3.05, 3.63) is 28.6 Å². The van der Waals surface area contributed by atoms with Crippen LogP contribution in [0.5, 0.6) is 0 Å². The van der Waals surface area contributed by atoms with E-state index in [-0.39, 0.29) is 11.6 Å². The van der Waals surface area contributed by atoms with Gasteiger partial charge in [0.1, 0.15) is 0 Å². The first-order valence-corrected chi connectivity index (χ1v) is 5.31. The van der Waals surface area contributed by atoms with Gasteiger partial charge in [-0.2, -0.15) is 0 Å². The number of fused-ring (bicyclic) bond motifs is 1. The molecule has 6 nitrogen and oxygen atoms in total. The van der Waals surface area contributed by atoms with Crippen LogP contribution in [-0.4, -0.2) is 19.2 Å². The molecule has 0 aromatic carbocycles. The van der Waals surface area contributed by atoms with Gasteiger partial charge < -0.3 is 10.3 Å². The molecular weight excluding hydrogens is 206 g/mol. The second kappa shape index (κ2) is 4.05. The number of hydrogen-bond donors (Lipinski definition) is 1. The fourth-order valence-electron chi connectivity index (χ4n) is 1.68. The second-order valence-electron chi connectivity index (χ2n) is 3.86. The van der Waals surface area contributed by atoms with E-state index in [1.54, 1.807) is 23.8 Å². The Morgan fingerprint density at radius 1 is 1.44 bits per heavy atom. The second-order valence-corrected chi connectivity index (χ2v) is 3.86. The molecule has 0 amide bonds. The molecule has 1 unspecified atom stereocenters. The molecule has 2 aromatic rings. The molecule has 0 fully saturated rings. The molecular formula is C10H15N5O. The van der Waals surface area contributed by atoms with Crippen LogP contribution in [0.2, 0.25) is 0 Å². The molecule has 0 saturated heterocycles. The summed E-state index contributed by atoms with van der Waals surface area (Å²) < 4.78 is 3.14. The highest BCUT2D eigenvalue weighted by molar-refractivity contribution is 5.35. The number of aryl methyl sites for hydroxylation is 1. The van der Waals surface area contributed by atoms with Crippen molar-refractivity contribution in [1.82, 2.24) is 19.2 Å². The Morgan fingerprint density at radius 2 is 2.19 bits per heavy atom. The Hall–Kier alpha value is -1.69. The molecule has 1 atom stereocenters. The van der Waals surface area contributed by atoms with Crippen LogP contribution in [0.3, 0.4) is 0 Å².